The highest BCUT2D eigenvalue weighted by Crippen LogP contribution is 2.22. The molecule has 8 nitrogen and oxygen atoms in total. The lowest BCUT2D eigenvalue weighted by molar-refractivity contribution is -0.402. The Labute approximate surface area is 135 Å². The fourth-order valence-electron chi connectivity index (χ4n) is 2.15. The fraction of sp³-hybridized carbons (Fsp3) is 0. The minimum atomic E-state index is -0.655. The van der Waals surface area contributed by atoms with Crippen LogP contribution in [0.3, 0.4) is 0 Å². The molecule has 0 atom stereocenters. The molecule has 0 unspecified atom stereocenters. The molecule has 2 N–H and O–H groups in total. The number of nitrogens with one attached hydrogen (secondary N) is 2. The lowest BCUT2D eigenvalue weighted by Crippen LogP contribution is -2.24. The predicted molar refractivity (Wildman–Crippen MR) is 89.1 cm³/mol. The van der Waals surface area contributed by atoms with Crippen LogP contribution in [-0.4, -0.2) is 17.2 Å². The zero-order valence-electron chi connectivity index (χ0n) is 12.3. The third-order valence-electron chi connectivity index (χ3n) is 3.19. The zero-order chi connectivity index (χ0) is 16.9. The van der Waals surface area contributed by atoms with Gasteiger partial charge in [-0.15, -0.1) is 0 Å². The Kier molecular flexibility index (Phi) is 4.19. The first kappa shape index (κ1) is 15.2. The number of hydrogen-bond acceptors (Lipinski definition) is 5. The quantitative estimate of drug-likeness (QED) is 0.435. The molecule has 1 aromatic heterocycles. The van der Waals surface area contributed by atoms with E-state index in [0.29, 0.717) is 5.69 Å². The van der Waals surface area contributed by atoms with Crippen LogP contribution in [0.1, 0.15) is 5.76 Å². The average molecular weight is 324 g/mol. The van der Waals surface area contributed by atoms with E-state index in [1.165, 1.54) is 18.3 Å². The topological polar surface area (TPSA) is 110 Å². The molecule has 0 aliphatic heterocycles. The second-order valence-corrected chi connectivity index (χ2v) is 4.78. The van der Waals surface area contributed by atoms with Crippen LogP contribution < -0.4 is 10.7 Å². The van der Waals surface area contributed by atoms with Gasteiger partial charge < -0.3 is 9.73 Å². The van der Waals surface area contributed by atoms with E-state index in [1.54, 1.807) is 6.07 Å². The van der Waals surface area contributed by atoms with Crippen LogP contribution in [-0.2, 0) is 0 Å². The highest BCUT2D eigenvalue weighted by molar-refractivity contribution is 6.01. The van der Waals surface area contributed by atoms with Crippen molar-refractivity contribution in [1.29, 1.82) is 0 Å². The standard InChI is InChI=1S/C16H12N4O4/c21-16(19-17-10-12-8-9-15(24-12)20(22)23)18-14-7-3-5-11-4-1-2-6-13(11)14/h1-10H,(H2,18,19,21)/b17-10+. The van der Waals surface area contributed by atoms with Gasteiger partial charge in [0.2, 0.25) is 0 Å². The van der Waals surface area contributed by atoms with E-state index in [9.17, 15) is 14.9 Å². The van der Waals surface area contributed by atoms with Crippen LogP contribution in [0.4, 0.5) is 16.4 Å². The van der Waals surface area contributed by atoms with E-state index in [4.69, 9.17) is 4.42 Å². The average Bonchev–Trinajstić information content (AvgIpc) is 3.04. The molecule has 120 valence electrons. The maximum absolute atomic E-state index is 11.9. The number of urea groups is 1. The number of benzene rings is 2. The van der Waals surface area contributed by atoms with Crippen molar-refractivity contribution >= 4 is 34.6 Å². The number of nitrogens with zero attached hydrogens (tertiary/aromatic N) is 2. The summed E-state index contributed by atoms with van der Waals surface area (Å²) in [4.78, 5) is 21.7. The number of anilines is 1. The summed E-state index contributed by atoms with van der Waals surface area (Å²) < 4.78 is 4.88. The first-order chi connectivity index (χ1) is 11.6. The van der Waals surface area contributed by atoms with E-state index in [1.807, 2.05) is 36.4 Å². The van der Waals surface area contributed by atoms with E-state index >= 15 is 0 Å². The molecule has 3 aromatic rings. The molecule has 0 bridgehead atoms. The third-order valence-corrected chi connectivity index (χ3v) is 3.19. The molecule has 0 radical (unpaired) electrons. The number of carbonyl (C=O) groups is 1. The minimum absolute atomic E-state index is 0.159. The molecule has 0 saturated carbocycles. The molecule has 2 aromatic carbocycles. The number of fused-ring (bicyclic) bond motifs is 1. The summed E-state index contributed by atoms with van der Waals surface area (Å²) in [5, 5.41) is 18.8. The van der Waals surface area contributed by atoms with Gasteiger partial charge in [-0.3, -0.25) is 10.1 Å². The zero-order valence-corrected chi connectivity index (χ0v) is 12.3. The van der Waals surface area contributed by atoms with Crippen LogP contribution in [0.2, 0.25) is 0 Å². The molecule has 0 spiro atoms. The van der Waals surface area contributed by atoms with Gasteiger partial charge in [0.05, 0.1) is 18.0 Å². The van der Waals surface area contributed by atoms with Crippen LogP contribution in [0.25, 0.3) is 10.8 Å². The molecule has 0 aliphatic rings. The van der Waals surface area contributed by atoms with Crippen LogP contribution in [0, 0.1) is 10.1 Å². The maximum Gasteiger partial charge on any atom is 0.433 e. The van der Waals surface area contributed by atoms with Gasteiger partial charge in [0, 0.05) is 5.39 Å². The fourth-order valence-corrected chi connectivity index (χ4v) is 2.15. The predicted octanol–water partition coefficient (Wildman–Crippen LogP) is 3.50. The van der Waals surface area contributed by atoms with E-state index in [2.05, 4.69) is 15.8 Å². The Bertz CT molecular complexity index is 927. The minimum Gasteiger partial charge on any atom is -0.400 e. The summed E-state index contributed by atoms with van der Waals surface area (Å²) in [6.45, 7) is 0. The first-order valence-corrected chi connectivity index (χ1v) is 6.95. The Morgan fingerprint density at radius 2 is 1.92 bits per heavy atom. The lowest BCUT2D eigenvalue weighted by atomic mass is 10.1. The van der Waals surface area contributed by atoms with Crippen molar-refractivity contribution in [3.05, 3.63) is 70.5 Å². The van der Waals surface area contributed by atoms with E-state index in [-0.39, 0.29) is 5.76 Å². The van der Waals surface area contributed by atoms with Crippen molar-refractivity contribution < 1.29 is 14.1 Å². The molecule has 2 amide bonds. The molecule has 8 heteroatoms. The van der Waals surface area contributed by atoms with Gasteiger partial charge in [0.15, 0.2) is 5.76 Å². The highest BCUT2D eigenvalue weighted by Gasteiger charge is 2.10. The molecule has 0 aliphatic carbocycles. The maximum atomic E-state index is 11.9. The first-order valence-electron chi connectivity index (χ1n) is 6.95. The lowest BCUT2D eigenvalue weighted by Gasteiger charge is -2.07. The summed E-state index contributed by atoms with van der Waals surface area (Å²) >= 11 is 0. The number of furan rings is 1. The second-order valence-electron chi connectivity index (χ2n) is 4.78. The summed E-state index contributed by atoms with van der Waals surface area (Å²) in [6, 6.07) is 15.3. The van der Waals surface area contributed by atoms with Gasteiger partial charge in [-0.2, -0.15) is 5.10 Å². The number of rotatable bonds is 4. The van der Waals surface area contributed by atoms with Crippen molar-refractivity contribution in [1.82, 2.24) is 5.43 Å². The Balaban J connectivity index is 1.64. The third kappa shape index (κ3) is 3.38. The van der Waals surface area contributed by atoms with E-state index < -0.39 is 16.8 Å². The van der Waals surface area contributed by atoms with Crippen molar-refractivity contribution in [2.75, 3.05) is 5.32 Å². The van der Waals surface area contributed by atoms with Crippen LogP contribution >= 0.6 is 0 Å². The summed E-state index contributed by atoms with van der Waals surface area (Å²) in [5.41, 5.74) is 2.92. The van der Waals surface area contributed by atoms with Crippen LogP contribution in [0.5, 0.6) is 0 Å². The Morgan fingerprint density at radius 1 is 1.12 bits per heavy atom. The number of amides is 2. The summed E-state index contributed by atoms with van der Waals surface area (Å²) in [6.07, 6.45) is 1.18. The SMILES string of the molecule is O=C(N/N=C/c1ccc([N+](=O)[O-])o1)Nc1cccc2ccccc12. The Morgan fingerprint density at radius 3 is 2.71 bits per heavy atom. The number of nitro groups is 1. The summed E-state index contributed by atoms with van der Waals surface area (Å²) in [5.74, 6) is -0.233. The van der Waals surface area contributed by atoms with Crippen molar-refractivity contribution in [3.63, 3.8) is 0 Å². The van der Waals surface area contributed by atoms with Gasteiger partial charge in [-0.05, 0) is 17.5 Å². The highest BCUT2D eigenvalue weighted by atomic mass is 16.6. The molecule has 0 saturated heterocycles. The number of hydrazone groups is 1. The second kappa shape index (κ2) is 6.61. The molecular formula is C16H12N4O4. The molecule has 1 heterocycles. The van der Waals surface area contributed by atoms with Gasteiger partial charge in [-0.1, -0.05) is 36.4 Å². The van der Waals surface area contributed by atoms with E-state index in [0.717, 1.165) is 10.8 Å². The largest absolute Gasteiger partial charge is 0.433 e. The van der Waals surface area contributed by atoms with Crippen molar-refractivity contribution in [2.24, 2.45) is 5.10 Å². The van der Waals surface area contributed by atoms with Gasteiger partial charge in [0.1, 0.15) is 4.92 Å². The smallest absolute Gasteiger partial charge is 0.400 e. The number of hydrogen-bond donors (Lipinski definition) is 2. The summed E-state index contributed by atoms with van der Waals surface area (Å²) in [7, 11) is 0. The Hall–Kier alpha value is -3.68. The van der Waals surface area contributed by atoms with Crippen molar-refractivity contribution in [3.8, 4) is 0 Å². The molecule has 3 rings (SSSR count). The van der Waals surface area contributed by atoms with Gasteiger partial charge in [-0.25, -0.2) is 10.2 Å². The van der Waals surface area contributed by atoms with Crippen LogP contribution in [0.15, 0.2) is 64.1 Å². The van der Waals surface area contributed by atoms with Gasteiger partial charge in [0.25, 0.3) is 0 Å². The monoisotopic (exact) mass is 324 g/mol. The number of carbonyl (C=O) groups excluding carboxylic acids is 1. The molecule has 0 fully saturated rings. The van der Waals surface area contributed by atoms with Crippen molar-refractivity contribution in [2.45, 2.75) is 0 Å². The molecular weight excluding hydrogens is 312 g/mol. The molecule has 24 heavy (non-hydrogen) atoms. The van der Waals surface area contributed by atoms with Gasteiger partial charge >= 0.3 is 11.9 Å². The normalized spacial score (nSPS) is 10.8.